The summed E-state index contributed by atoms with van der Waals surface area (Å²) in [7, 11) is 0. The number of thiophene rings is 2. The van der Waals surface area contributed by atoms with Gasteiger partial charge in [0, 0.05) is 4.88 Å². The maximum Gasteiger partial charge on any atom is 0.00987 e. The highest BCUT2D eigenvalue weighted by molar-refractivity contribution is 7.10. The molecule has 0 saturated carbocycles. The summed E-state index contributed by atoms with van der Waals surface area (Å²) in [5, 5.41) is 6.46. The lowest BCUT2D eigenvalue weighted by molar-refractivity contribution is 0.593. The van der Waals surface area contributed by atoms with Gasteiger partial charge in [-0.05, 0) is 44.7 Å². The second-order valence-corrected chi connectivity index (χ2v) is 8.22. The Bertz CT molecular complexity index is 378. The first-order valence-corrected chi connectivity index (χ1v) is 8.10. The molecule has 116 valence electrons. The maximum atomic E-state index is 2.23. The van der Waals surface area contributed by atoms with Gasteiger partial charge in [0.2, 0.25) is 0 Å². The highest BCUT2D eigenvalue weighted by Gasteiger charge is 2.13. The van der Waals surface area contributed by atoms with Gasteiger partial charge >= 0.3 is 0 Å². The molecule has 0 unspecified atom stereocenters. The van der Waals surface area contributed by atoms with Crippen molar-refractivity contribution in [2.24, 2.45) is 0 Å². The minimum Gasteiger partial charge on any atom is -0.152 e. The average molecular weight is 313 g/mol. The quantitative estimate of drug-likeness (QED) is 0.476. The molecule has 0 radical (unpaired) electrons. The van der Waals surface area contributed by atoms with Crippen LogP contribution in [-0.4, -0.2) is 0 Å². The van der Waals surface area contributed by atoms with Crippen LogP contribution in [0.25, 0.3) is 0 Å². The van der Waals surface area contributed by atoms with Crippen molar-refractivity contribution in [2.45, 2.75) is 67.2 Å². The van der Waals surface area contributed by atoms with E-state index in [2.05, 4.69) is 75.9 Å². The molecule has 0 aliphatic rings. The fourth-order valence-electron chi connectivity index (χ4n) is 1.40. The fraction of sp³-hybridized carbons (Fsp3) is 0.556. The molecule has 0 saturated heterocycles. The zero-order valence-corrected chi connectivity index (χ0v) is 13.9. The van der Waals surface area contributed by atoms with Crippen LogP contribution in [0.4, 0.5) is 0 Å². The van der Waals surface area contributed by atoms with Crippen LogP contribution in [0.2, 0.25) is 0 Å². The molecule has 20 heavy (non-hydrogen) atoms. The molecule has 0 fully saturated rings. The largest absolute Gasteiger partial charge is 0.152 e. The first-order chi connectivity index (χ1) is 8.21. The molecule has 2 heteroatoms. The topological polar surface area (TPSA) is 0 Å². The minimum atomic E-state index is 0. The number of rotatable bonds is 0. The maximum absolute atomic E-state index is 2.23. The lowest BCUT2D eigenvalue weighted by Crippen LogP contribution is -2.08. The fourth-order valence-corrected chi connectivity index (χ4v) is 3.09. The Balaban J connectivity index is 0. The van der Waals surface area contributed by atoms with Crippen molar-refractivity contribution in [1.29, 1.82) is 0 Å². The Labute approximate surface area is 134 Å². The molecule has 0 spiro atoms. The highest BCUT2D eigenvalue weighted by atomic mass is 32.1. The van der Waals surface area contributed by atoms with Crippen LogP contribution in [0.5, 0.6) is 0 Å². The van der Waals surface area contributed by atoms with Gasteiger partial charge in [-0.15, -0.1) is 11.3 Å². The van der Waals surface area contributed by atoms with E-state index in [1.165, 1.54) is 10.4 Å². The van der Waals surface area contributed by atoms with Crippen molar-refractivity contribution in [3.05, 3.63) is 44.8 Å². The summed E-state index contributed by atoms with van der Waals surface area (Å²) in [6.07, 6.45) is 0. The molecule has 0 aromatic carbocycles. The normalized spacial score (nSPS) is 10.7. The third-order valence-corrected chi connectivity index (χ3v) is 4.63. The smallest absolute Gasteiger partial charge is 0.00987 e. The molecular formula is C18H32S2. The molecule has 2 rings (SSSR count). The van der Waals surface area contributed by atoms with Gasteiger partial charge in [-0.2, -0.15) is 11.3 Å². The Hall–Kier alpha value is -0.600. The summed E-state index contributed by atoms with van der Waals surface area (Å²) >= 11 is 3.60. The minimum absolute atomic E-state index is 0. The van der Waals surface area contributed by atoms with E-state index >= 15 is 0 Å². The van der Waals surface area contributed by atoms with Crippen molar-refractivity contribution >= 4 is 22.7 Å². The standard InChI is InChI=1S/2C8H12S.2CH4/c1-8(2,3)7-4-5-9-6-7;1-8(2,3)7-5-4-6-9-7;;/h2*4-6H,1-3H3;2*1H4. The third-order valence-electron chi connectivity index (χ3n) is 2.65. The van der Waals surface area contributed by atoms with Crippen molar-refractivity contribution in [2.75, 3.05) is 0 Å². The van der Waals surface area contributed by atoms with Crippen LogP contribution in [0.3, 0.4) is 0 Å². The molecule has 0 aliphatic carbocycles. The molecule has 0 bridgehead atoms. The summed E-state index contributed by atoms with van der Waals surface area (Å²) in [4.78, 5) is 1.46. The van der Waals surface area contributed by atoms with Gasteiger partial charge in [-0.3, -0.25) is 0 Å². The molecule has 2 heterocycles. The van der Waals surface area contributed by atoms with E-state index < -0.39 is 0 Å². The Morgan fingerprint density at radius 2 is 1.40 bits per heavy atom. The van der Waals surface area contributed by atoms with E-state index in [0.717, 1.165) is 0 Å². The van der Waals surface area contributed by atoms with Gasteiger partial charge < -0.3 is 0 Å². The van der Waals surface area contributed by atoms with Gasteiger partial charge in [-0.1, -0.05) is 62.5 Å². The van der Waals surface area contributed by atoms with Crippen LogP contribution >= 0.6 is 22.7 Å². The summed E-state index contributed by atoms with van der Waals surface area (Å²) in [6.45, 7) is 13.4. The van der Waals surface area contributed by atoms with Gasteiger partial charge in [0.1, 0.15) is 0 Å². The van der Waals surface area contributed by atoms with Crippen LogP contribution in [0, 0.1) is 0 Å². The second kappa shape index (κ2) is 8.63. The van der Waals surface area contributed by atoms with E-state index in [0.29, 0.717) is 10.8 Å². The summed E-state index contributed by atoms with van der Waals surface area (Å²) in [5.74, 6) is 0. The lowest BCUT2D eigenvalue weighted by atomic mass is 9.90. The summed E-state index contributed by atoms with van der Waals surface area (Å²) in [6, 6.07) is 6.47. The average Bonchev–Trinajstić information content (AvgIpc) is 2.91. The zero-order chi connectivity index (χ0) is 13.8. The molecule has 0 nitrogen and oxygen atoms in total. The number of hydrogen-bond acceptors (Lipinski definition) is 2. The van der Waals surface area contributed by atoms with E-state index in [1.54, 1.807) is 11.3 Å². The molecule has 0 aliphatic heterocycles. The van der Waals surface area contributed by atoms with Crippen LogP contribution < -0.4 is 0 Å². The lowest BCUT2D eigenvalue weighted by Gasteiger charge is -2.15. The highest BCUT2D eigenvalue weighted by Crippen LogP contribution is 2.26. The van der Waals surface area contributed by atoms with E-state index in [9.17, 15) is 0 Å². The van der Waals surface area contributed by atoms with Crippen molar-refractivity contribution < 1.29 is 0 Å². The first-order valence-electron chi connectivity index (χ1n) is 6.28. The monoisotopic (exact) mass is 312 g/mol. The molecule has 0 atom stereocenters. The summed E-state index contributed by atoms with van der Waals surface area (Å²) in [5.41, 5.74) is 2.11. The molecule has 0 amide bonds. The van der Waals surface area contributed by atoms with E-state index in [1.807, 2.05) is 11.3 Å². The second-order valence-electron chi connectivity index (χ2n) is 6.49. The van der Waals surface area contributed by atoms with Crippen LogP contribution in [0.15, 0.2) is 34.3 Å². The van der Waals surface area contributed by atoms with Gasteiger partial charge in [0.05, 0.1) is 0 Å². The predicted octanol–water partition coefficient (Wildman–Crippen LogP) is 7.36. The van der Waals surface area contributed by atoms with Gasteiger partial charge in [0.15, 0.2) is 0 Å². The molecule has 0 N–H and O–H groups in total. The third kappa shape index (κ3) is 7.25. The Morgan fingerprint density at radius 3 is 1.60 bits per heavy atom. The molecule has 2 aromatic heterocycles. The van der Waals surface area contributed by atoms with E-state index in [4.69, 9.17) is 0 Å². The Morgan fingerprint density at radius 1 is 0.800 bits per heavy atom. The number of hydrogen-bond donors (Lipinski definition) is 0. The SMILES string of the molecule is C.C.CC(C)(C)c1cccs1.CC(C)(C)c1ccsc1. The summed E-state index contributed by atoms with van der Waals surface area (Å²) < 4.78 is 0. The van der Waals surface area contributed by atoms with Crippen LogP contribution in [-0.2, 0) is 10.8 Å². The Kier molecular flexibility index (Phi) is 9.37. The van der Waals surface area contributed by atoms with Gasteiger partial charge in [0.25, 0.3) is 0 Å². The van der Waals surface area contributed by atoms with E-state index in [-0.39, 0.29) is 14.9 Å². The van der Waals surface area contributed by atoms with Crippen molar-refractivity contribution in [1.82, 2.24) is 0 Å². The zero-order valence-electron chi connectivity index (χ0n) is 12.3. The molecule has 2 aromatic rings. The predicted molar refractivity (Wildman–Crippen MR) is 99.5 cm³/mol. The first kappa shape index (κ1) is 21.7. The van der Waals surface area contributed by atoms with Gasteiger partial charge in [-0.25, -0.2) is 0 Å². The van der Waals surface area contributed by atoms with Crippen LogP contribution in [0.1, 0.15) is 66.8 Å². The van der Waals surface area contributed by atoms with Crippen molar-refractivity contribution in [3.63, 3.8) is 0 Å². The molecular weight excluding hydrogens is 280 g/mol. The van der Waals surface area contributed by atoms with Crippen molar-refractivity contribution in [3.8, 4) is 0 Å².